The topological polar surface area (TPSA) is 78.7 Å². The van der Waals surface area contributed by atoms with Gasteiger partial charge in [-0.25, -0.2) is 9.18 Å². The number of nitrogen functional groups attached to an aromatic ring is 1. The van der Waals surface area contributed by atoms with Crippen molar-refractivity contribution in [2.45, 2.75) is 18.8 Å². The number of nitrogens with zero attached hydrogens (tertiary/aromatic N) is 2. The summed E-state index contributed by atoms with van der Waals surface area (Å²) in [6.45, 7) is 0. The molecule has 4 rings (SSSR count). The third kappa shape index (κ3) is 1.99. The Morgan fingerprint density at radius 1 is 1.38 bits per heavy atom. The van der Waals surface area contributed by atoms with E-state index in [9.17, 15) is 14.0 Å². The average molecular weight is 347 g/mol. The number of hydrogen-bond acceptors (Lipinski definition) is 5. The van der Waals surface area contributed by atoms with Crippen molar-refractivity contribution >= 4 is 16.9 Å². The van der Waals surface area contributed by atoms with E-state index in [0.29, 0.717) is 21.3 Å². The minimum atomic E-state index is -0.798. The smallest absolute Gasteiger partial charge is 0.354 e. The van der Waals surface area contributed by atoms with E-state index in [1.807, 2.05) is 5.38 Å². The Hall–Kier alpha value is -2.61. The molecular weight excluding hydrogens is 333 g/mol. The molecule has 8 heteroatoms. The van der Waals surface area contributed by atoms with Gasteiger partial charge in [0, 0.05) is 0 Å². The van der Waals surface area contributed by atoms with Crippen LogP contribution < -0.4 is 21.8 Å². The fourth-order valence-electron chi connectivity index (χ4n) is 3.03. The zero-order chi connectivity index (χ0) is 17.0. The van der Waals surface area contributed by atoms with Crippen molar-refractivity contribution < 1.29 is 9.13 Å². The van der Waals surface area contributed by atoms with Gasteiger partial charge in [0.15, 0.2) is 11.6 Å². The standard InChI is InChI=1S/C16H14FN3O3S/c1-23-14-11(9-4-5-24-7-9)10(17)6-19-13(14)12(8-2-3-8)15(21)20(18)16(19)22/h4-8H,2-3,18H2,1H3. The predicted molar refractivity (Wildman–Crippen MR) is 89.9 cm³/mol. The molecule has 0 atom stereocenters. The van der Waals surface area contributed by atoms with E-state index in [1.165, 1.54) is 18.4 Å². The number of fused-ring (bicyclic) bond motifs is 1. The molecule has 0 aliphatic heterocycles. The van der Waals surface area contributed by atoms with Crippen LogP contribution in [-0.2, 0) is 0 Å². The molecule has 1 aliphatic rings. The molecule has 1 saturated carbocycles. The van der Waals surface area contributed by atoms with Crippen LogP contribution in [0.3, 0.4) is 0 Å². The van der Waals surface area contributed by atoms with Crippen molar-refractivity contribution in [2.75, 3.05) is 13.0 Å². The number of thiophene rings is 1. The van der Waals surface area contributed by atoms with Gasteiger partial charge in [-0.05, 0) is 41.1 Å². The summed E-state index contributed by atoms with van der Waals surface area (Å²) in [4.78, 5) is 24.9. The van der Waals surface area contributed by atoms with Gasteiger partial charge in [0.05, 0.1) is 24.4 Å². The van der Waals surface area contributed by atoms with E-state index in [1.54, 1.807) is 11.4 Å². The maximum atomic E-state index is 14.7. The summed E-state index contributed by atoms with van der Waals surface area (Å²) in [7, 11) is 1.40. The number of ether oxygens (including phenoxy) is 1. The van der Waals surface area contributed by atoms with Gasteiger partial charge < -0.3 is 10.6 Å². The van der Waals surface area contributed by atoms with Gasteiger partial charge in [0.2, 0.25) is 0 Å². The number of hydrogen-bond donors (Lipinski definition) is 1. The van der Waals surface area contributed by atoms with Crippen LogP contribution in [0.4, 0.5) is 4.39 Å². The Bertz CT molecular complexity index is 1070. The molecule has 0 bridgehead atoms. The van der Waals surface area contributed by atoms with Crippen molar-refractivity contribution in [1.29, 1.82) is 0 Å². The highest BCUT2D eigenvalue weighted by molar-refractivity contribution is 7.08. The maximum Gasteiger partial charge on any atom is 0.354 e. The first-order valence-electron chi connectivity index (χ1n) is 7.40. The molecule has 1 aliphatic carbocycles. The molecule has 1 fully saturated rings. The van der Waals surface area contributed by atoms with Crippen LogP contribution >= 0.6 is 11.3 Å². The summed E-state index contributed by atoms with van der Waals surface area (Å²) in [5.74, 6) is 5.18. The molecule has 24 heavy (non-hydrogen) atoms. The third-order valence-corrected chi connectivity index (χ3v) is 4.96. The zero-order valence-electron chi connectivity index (χ0n) is 12.8. The Labute approximate surface area is 139 Å². The van der Waals surface area contributed by atoms with Crippen LogP contribution in [0.1, 0.15) is 24.3 Å². The highest BCUT2D eigenvalue weighted by Gasteiger charge is 2.33. The van der Waals surface area contributed by atoms with Gasteiger partial charge in [-0.2, -0.15) is 16.0 Å². The summed E-state index contributed by atoms with van der Waals surface area (Å²) in [5, 5.41) is 3.61. The lowest BCUT2D eigenvalue weighted by Gasteiger charge is -2.16. The van der Waals surface area contributed by atoms with Crippen LogP contribution in [0.15, 0.2) is 32.6 Å². The van der Waals surface area contributed by atoms with Crippen LogP contribution in [0.2, 0.25) is 0 Å². The predicted octanol–water partition coefficient (Wildman–Crippen LogP) is 1.93. The monoisotopic (exact) mass is 347 g/mol. The van der Waals surface area contributed by atoms with Gasteiger partial charge >= 0.3 is 5.69 Å². The second kappa shape index (κ2) is 5.20. The molecule has 124 valence electrons. The average Bonchev–Trinajstić information content (AvgIpc) is 3.26. The quantitative estimate of drug-likeness (QED) is 0.734. The van der Waals surface area contributed by atoms with Crippen molar-refractivity contribution in [3.05, 3.63) is 55.2 Å². The number of rotatable bonds is 3. The normalized spacial score (nSPS) is 14.2. The van der Waals surface area contributed by atoms with Crippen LogP contribution in [0.25, 0.3) is 16.6 Å². The van der Waals surface area contributed by atoms with Gasteiger partial charge in [0.25, 0.3) is 5.56 Å². The third-order valence-electron chi connectivity index (χ3n) is 4.28. The Kier molecular flexibility index (Phi) is 3.24. The molecule has 0 unspecified atom stereocenters. The fourth-order valence-corrected chi connectivity index (χ4v) is 3.68. The number of pyridine rings is 1. The first-order valence-corrected chi connectivity index (χ1v) is 8.34. The zero-order valence-corrected chi connectivity index (χ0v) is 13.6. The Balaban J connectivity index is 2.25. The van der Waals surface area contributed by atoms with Gasteiger partial charge in [0.1, 0.15) is 5.52 Å². The lowest BCUT2D eigenvalue weighted by molar-refractivity contribution is 0.414. The minimum absolute atomic E-state index is 0.0117. The summed E-state index contributed by atoms with van der Waals surface area (Å²) in [5.41, 5.74) is 0.249. The molecule has 0 saturated heterocycles. The molecule has 3 aromatic heterocycles. The maximum absolute atomic E-state index is 14.7. The van der Waals surface area contributed by atoms with Gasteiger partial charge in [-0.15, -0.1) is 0 Å². The Morgan fingerprint density at radius 3 is 2.71 bits per heavy atom. The van der Waals surface area contributed by atoms with Gasteiger partial charge in [-0.3, -0.25) is 9.20 Å². The Morgan fingerprint density at radius 2 is 2.12 bits per heavy atom. The summed E-state index contributed by atoms with van der Waals surface area (Å²) in [6, 6.07) is 1.77. The van der Waals surface area contributed by atoms with Gasteiger partial charge in [-0.1, -0.05) is 0 Å². The van der Waals surface area contributed by atoms with E-state index < -0.39 is 17.1 Å². The van der Waals surface area contributed by atoms with Crippen molar-refractivity contribution in [3.63, 3.8) is 0 Å². The van der Waals surface area contributed by atoms with Crippen molar-refractivity contribution in [2.24, 2.45) is 0 Å². The molecular formula is C16H14FN3O3S. The number of methoxy groups -OCH3 is 1. The van der Waals surface area contributed by atoms with Crippen LogP contribution in [0.5, 0.6) is 5.75 Å². The molecule has 0 amide bonds. The summed E-state index contributed by atoms with van der Waals surface area (Å²) >= 11 is 1.42. The van der Waals surface area contributed by atoms with E-state index in [4.69, 9.17) is 10.6 Å². The largest absolute Gasteiger partial charge is 0.494 e. The van der Waals surface area contributed by atoms with E-state index in [-0.39, 0.29) is 17.2 Å². The summed E-state index contributed by atoms with van der Waals surface area (Å²) < 4.78 is 21.8. The van der Waals surface area contributed by atoms with E-state index >= 15 is 0 Å². The lowest BCUT2D eigenvalue weighted by atomic mass is 10.0. The SMILES string of the molecule is COc1c(-c2ccsc2)c(F)cn2c(=O)n(N)c(=O)c(C3CC3)c12. The van der Waals surface area contributed by atoms with Crippen LogP contribution in [-0.4, -0.2) is 16.2 Å². The van der Waals surface area contributed by atoms with E-state index in [0.717, 1.165) is 23.4 Å². The summed E-state index contributed by atoms with van der Waals surface area (Å²) in [6.07, 6.45) is 2.73. The molecule has 0 radical (unpaired) electrons. The molecule has 3 aromatic rings. The minimum Gasteiger partial charge on any atom is -0.494 e. The van der Waals surface area contributed by atoms with E-state index in [2.05, 4.69) is 0 Å². The second-order valence-corrected chi connectivity index (χ2v) is 6.54. The highest BCUT2D eigenvalue weighted by Crippen LogP contribution is 2.44. The number of halogens is 1. The second-order valence-electron chi connectivity index (χ2n) is 5.76. The molecule has 3 heterocycles. The lowest BCUT2D eigenvalue weighted by Crippen LogP contribution is -2.44. The number of nitrogens with two attached hydrogens (primary N) is 1. The first kappa shape index (κ1) is 14.9. The number of aromatic nitrogens is 2. The van der Waals surface area contributed by atoms with Crippen molar-refractivity contribution in [3.8, 4) is 16.9 Å². The first-order chi connectivity index (χ1) is 11.5. The molecule has 6 nitrogen and oxygen atoms in total. The van der Waals surface area contributed by atoms with Crippen molar-refractivity contribution in [1.82, 2.24) is 9.08 Å². The molecule has 0 spiro atoms. The molecule has 2 N–H and O–H groups in total. The fraction of sp³-hybridized carbons (Fsp3) is 0.250. The highest BCUT2D eigenvalue weighted by atomic mass is 32.1. The van der Waals surface area contributed by atoms with Crippen LogP contribution in [0, 0.1) is 5.82 Å². The molecule has 0 aromatic carbocycles.